The monoisotopic (exact) mass is 263 g/mol. The van der Waals surface area contributed by atoms with Crippen LogP contribution in [0, 0.1) is 17.1 Å². The van der Waals surface area contributed by atoms with E-state index in [9.17, 15) is 9.18 Å². The number of hydrogen-bond donors (Lipinski definition) is 0. The molecule has 1 atom stereocenters. The summed E-state index contributed by atoms with van der Waals surface area (Å²) in [6.07, 6.45) is 2.52. The summed E-state index contributed by atoms with van der Waals surface area (Å²) in [7, 11) is 0. The minimum absolute atomic E-state index is 0.0541. The molecule has 18 heavy (non-hydrogen) atoms. The van der Waals surface area contributed by atoms with Crippen molar-refractivity contribution in [1.82, 2.24) is 0 Å². The first-order valence-corrected chi connectivity index (χ1v) is 5.43. The fourth-order valence-electron chi connectivity index (χ4n) is 1.61. The molecule has 0 saturated heterocycles. The summed E-state index contributed by atoms with van der Waals surface area (Å²) in [5.74, 6) is -2.50. The van der Waals surface area contributed by atoms with Gasteiger partial charge in [-0.2, -0.15) is 5.26 Å². The van der Waals surface area contributed by atoms with Gasteiger partial charge in [-0.05, 0) is 18.2 Å². The van der Waals surface area contributed by atoms with Crippen molar-refractivity contribution < 1.29 is 13.6 Å². The third-order valence-corrected chi connectivity index (χ3v) is 2.81. The number of halogens is 2. The van der Waals surface area contributed by atoms with Crippen LogP contribution in [0.3, 0.4) is 0 Å². The van der Waals surface area contributed by atoms with Crippen LogP contribution in [-0.2, 0) is 0 Å². The van der Waals surface area contributed by atoms with E-state index in [0.29, 0.717) is 0 Å². The van der Waals surface area contributed by atoms with Crippen LogP contribution in [0.25, 0.3) is 0 Å². The Kier molecular flexibility index (Phi) is 3.45. The first kappa shape index (κ1) is 12.3. The number of carbonyl (C=O) groups excluding carboxylic acids is 1. The van der Waals surface area contributed by atoms with Crippen LogP contribution in [0.5, 0.6) is 0 Å². The Balaban J connectivity index is 2.47. The lowest BCUT2D eigenvalue weighted by molar-refractivity contribution is 0.0977. The van der Waals surface area contributed by atoms with Crippen LogP contribution in [0.2, 0.25) is 5.02 Å². The van der Waals surface area contributed by atoms with Crippen LogP contribution in [0.4, 0.5) is 4.39 Å². The van der Waals surface area contributed by atoms with Crippen LogP contribution in [0.1, 0.15) is 21.8 Å². The third kappa shape index (κ3) is 2.13. The number of ketones is 1. The number of nitriles is 1. The lowest BCUT2D eigenvalue weighted by Gasteiger charge is -2.10. The van der Waals surface area contributed by atoms with E-state index in [1.807, 2.05) is 0 Å². The van der Waals surface area contributed by atoms with Crippen LogP contribution < -0.4 is 0 Å². The van der Waals surface area contributed by atoms with Crippen LogP contribution in [-0.4, -0.2) is 5.78 Å². The predicted molar refractivity (Wildman–Crippen MR) is 62.8 cm³/mol. The van der Waals surface area contributed by atoms with Crippen molar-refractivity contribution in [3.05, 3.63) is 58.8 Å². The van der Waals surface area contributed by atoms with Gasteiger partial charge in [0.25, 0.3) is 0 Å². The molecule has 0 radical (unpaired) electrons. The Bertz CT molecular complexity index is 596. The van der Waals surface area contributed by atoms with Gasteiger partial charge in [-0.15, -0.1) is 0 Å². The van der Waals surface area contributed by atoms with Crippen molar-refractivity contribution >= 4 is 17.4 Å². The molecule has 5 heteroatoms. The van der Waals surface area contributed by atoms with Gasteiger partial charge in [0.1, 0.15) is 18.0 Å². The molecule has 0 spiro atoms. The quantitative estimate of drug-likeness (QED) is 0.796. The molecule has 1 heterocycles. The average molecular weight is 264 g/mol. The van der Waals surface area contributed by atoms with E-state index in [-0.39, 0.29) is 16.1 Å². The summed E-state index contributed by atoms with van der Waals surface area (Å²) in [6.45, 7) is 0. The summed E-state index contributed by atoms with van der Waals surface area (Å²) >= 11 is 5.84. The van der Waals surface area contributed by atoms with E-state index in [4.69, 9.17) is 21.3 Å². The number of rotatable bonds is 3. The molecule has 0 aliphatic carbocycles. The number of nitrogens with zero attached hydrogens (tertiary/aromatic N) is 1. The zero-order valence-corrected chi connectivity index (χ0v) is 9.82. The summed E-state index contributed by atoms with van der Waals surface area (Å²) in [4.78, 5) is 12.0. The zero-order chi connectivity index (χ0) is 13.1. The van der Waals surface area contributed by atoms with E-state index < -0.39 is 17.5 Å². The van der Waals surface area contributed by atoms with Gasteiger partial charge in [0.05, 0.1) is 17.9 Å². The molecule has 90 valence electrons. The minimum atomic E-state index is -1.28. The van der Waals surface area contributed by atoms with E-state index >= 15 is 0 Å². The fraction of sp³-hybridized carbons (Fsp3) is 0.0769. The van der Waals surface area contributed by atoms with Gasteiger partial charge in [0.15, 0.2) is 5.78 Å². The fourth-order valence-corrected chi connectivity index (χ4v) is 1.88. The van der Waals surface area contributed by atoms with Crippen molar-refractivity contribution in [1.29, 1.82) is 5.26 Å². The molecule has 0 aliphatic rings. The van der Waals surface area contributed by atoms with Gasteiger partial charge in [-0.1, -0.05) is 17.7 Å². The molecule has 2 rings (SSSR count). The summed E-state index contributed by atoms with van der Waals surface area (Å²) < 4.78 is 18.4. The number of benzene rings is 1. The van der Waals surface area contributed by atoms with Gasteiger partial charge in [-0.25, -0.2) is 4.39 Å². The van der Waals surface area contributed by atoms with Crippen molar-refractivity contribution in [2.24, 2.45) is 0 Å². The molecule has 1 aromatic carbocycles. The molecule has 1 unspecified atom stereocenters. The topological polar surface area (TPSA) is 54.0 Å². The first-order chi connectivity index (χ1) is 8.65. The molecule has 1 aromatic heterocycles. The molecule has 0 fully saturated rings. The maximum Gasteiger partial charge on any atom is 0.187 e. The minimum Gasteiger partial charge on any atom is -0.472 e. The van der Waals surface area contributed by atoms with E-state index in [1.165, 1.54) is 30.7 Å². The summed E-state index contributed by atoms with van der Waals surface area (Å²) in [5.41, 5.74) is 0.105. The van der Waals surface area contributed by atoms with Gasteiger partial charge < -0.3 is 4.42 Å². The molecule has 2 aromatic rings. The Morgan fingerprint density at radius 1 is 1.44 bits per heavy atom. The Hall–Kier alpha value is -2.12. The highest BCUT2D eigenvalue weighted by molar-refractivity contribution is 6.31. The predicted octanol–water partition coefficient (Wildman–Crippen LogP) is 3.56. The van der Waals surface area contributed by atoms with E-state index in [1.54, 1.807) is 6.07 Å². The maximum absolute atomic E-state index is 13.7. The van der Waals surface area contributed by atoms with Gasteiger partial charge >= 0.3 is 0 Å². The summed E-state index contributed by atoms with van der Waals surface area (Å²) in [5, 5.41) is 9.12. The lowest BCUT2D eigenvalue weighted by Crippen LogP contribution is -2.12. The van der Waals surface area contributed by atoms with Crippen molar-refractivity contribution in [2.75, 3.05) is 0 Å². The molecule has 3 nitrogen and oxygen atoms in total. The van der Waals surface area contributed by atoms with Gasteiger partial charge in [0.2, 0.25) is 0 Å². The molecule has 0 saturated carbocycles. The first-order valence-electron chi connectivity index (χ1n) is 5.05. The second-order valence-corrected chi connectivity index (χ2v) is 3.98. The molecular weight excluding hydrogens is 257 g/mol. The van der Waals surface area contributed by atoms with Gasteiger partial charge in [-0.3, -0.25) is 4.79 Å². The van der Waals surface area contributed by atoms with Crippen molar-refractivity contribution in [3.63, 3.8) is 0 Å². The second-order valence-electron chi connectivity index (χ2n) is 3.57. The number of Topliss-reactive ketones (excluding diaryl/α,β-unsaturated/α-hetero) is 1. The smallest absolute Gasteiger partial charge is 0.187 e. The van der Waals surface area contributed by atoms with Crippen molar-refractivity contribution in [2.45, 2.75) is 5.92 Å². The zero-order valence-electron chi connectivity index (χ0n) is 9.06. The third-order valence-electron chi connectivity index (χ3n) is 2.49. The number of hydrogen-bond acceptors (Lipinski definition) is 3. The maximum atomic E-state index is 13.7. The summed E-state index contributed by atoms with van der Waals surface area (Å²) in [6, 6.07) is 7.20. The highest BCUT2D eigenvalue weighted by atomic mass is 35.5. The average Bonchev–Trinajstić information content (AvgIpc) is 2.87. The molecule has 0 bridgehead atoms. The number of furan rings is 1. The van der Waals surface area contributed by atoms with Gasteiger partial charge in [0, 0.05) is 10.6 Å². The van der Waals surface area contributed by atoms with E-state index in [0.717, 1.165) is 6.07 Å². The molecule has 0 amide bonds. The van der Waals surface area contributed by atoms with Crippen LogP contribution in [0.15, 0.2) is 41.2 Å². The highest BCUT2D eigenvalue weighted by Gasteiger charge is 2.27. The second kappa shape index (κ2) is 5.03. The standard InChI is InChI=1S/C13H7ClFNO2/c14-10-2-1-3-11(15)12(10)9(6-16)13(17)8-4-5-18-7-8/h1-5,7,9H. The highest BCUT2D eigenvalue weighted by Crippen LogP contribution is 2.29. The van der Waals surface area contributed by atoms with Crippen molar-refractivity contribution in [3.8, 4) is 6.07 Å². The lowest BCUT2D eigenvalue weighted by atomic mass is 9.92. The Morgan fingerprint density at radius 2 is 2.22 bits per heavy atom. The Morgan fingerprint density at radius 3 is 2.78 bits per heavy atom. The van der Waals surface area contributed by atoms with E-state index in [2.05, 4.69) is 0 Å². The largest absolute Gasteiger partial charge is 0.472 e. The van der Waals surface area contributed by atoms with Crippen LogP contribution >= 0.6 is 11.6 Å². The number of carbonyl (C=O) groups is 1. The normalized spacial score (nSPS) is 11.8. The molecule has 0 N–H and O–H groups in total. The molecule has 0 aliphatic heterocycles. The SMILES string of the molecule is N#CC(C(=O)c1ccoc1)c1c(F)cccc1Cl. The molecular formula is C13H7ClFNO2. The Labute approximate surface area is 107 Å².